The number of Topliss-reactive ketones (excluding diaryl/α,β-unsaturated/α-hetero) is 1. The second-order valence-electron chi connectivity index (χ2n) is 29.3. The fraction of sp³-hybridized carbons (Fsp3) is 0.864. The fourth-order valence-electron chi connectivity index (χ4n) is 16.3. The summed E-state index contributed by atoms with van der Waals surface area (Å²) >= 11 is 0. The minimum atomic E-state index is -2.35. The van der Waals surface area contributed by atoms with Crippen molar-refractivity contribution in [2.75, 3.05) is 13.2 Å². The number of rotatable bonds is 26. The number of ether oxygens (including phenoxy) is 8. The fourth-order valence-corrected chi connectivity index (χ4v) is 22.8. The standard InChI is InChI=1S/C66H113NO14Si3/c1-18-83(19-2,20-3)79-59(48(12)40-64-39-44(8)34-55(75-64)60-56(76-64)41-65(78-60)49(13)32-45(9)42-67(65)62(71)72-30-31-82(15,16)17)47(11)35-46(10)58(70)61(80-84(21-4,22-5)23-6)54-37-53-52(73-54)36-50(14)66(77-53)29-28-63(81-66)38-43(7)33-51(74-63)26-24-25-27-57(68)69/h24,26,33,44-47,49-56,59-61H,12,18-23,25,27-32,34-42H2,1-11,13-17H3,(H,68,69)/b26-24+/t44-,45+,46+,47-,49-,50+,51+,52+,53+,54-,55+,56+,59-,60+,61+,63+,64-,65-,66+/m0/s1. The zero-order chi connectivity index (χ0) is 61.4. The third kappa shape index (κ3) is 14.7. The highest BCUT2D eigenvalue weighted by molar-refractivity contribution is 6.76. The molecule has 7 saturated heterocycles. The van der Waals surface area contributed by atoms with Crippen molar-refractivity contribution in [1.29, 1.82) is 0 Å². The molecule has 84 heavy (non-hydrogen) atoms. The van der Waals surface area contributed by atoms with Crippen LogP contribution in [0.15, 0.2) is 36.0 Å². The van der Waals surface area contributed by atoms with Crippen LogP contribution in [0.25, 0.3) is 0 Å². The first-order valence-corrected chi connectivity index (χ1v) is 42.1. The Labute approximate surface area is 509 Å². The van der Waals surface area contributed by atoms with Crippen LogP contribution in [0, 0.1) is 35.5 Å². The number of hydrogen-bond donors (Lipinski definition) is 1. The highest BCUT2D eigenvalue weighted by Gasteiger charge is 2.66. The van der Waals surface area contributed by atoms with Crippen LogP contribution < -0.4 is 0 Å². The zero-order valence-electron chi connectivity index (χ0n) is 54.9. The van der Waals surface area contributed by atoms with E-state index < -0.39 is 66.0 Å². The number of ketones is 1. The van der Waals surface area contributed by atoms with E-state index in [2.05, 4.69) is 116 Å². The van der Waals surface area contributed by atoms with Crippen molar-refractivity contribution in [2.24, 2.45) is 35.5 Å². The number of allylic oxidation sites excluding steroid dienone is 1. The maximum absolute atomic E-state index is 15.6. The molecular formula is C66H113NO14Si3. The van der Waals surface area contributed by atoms with E-state index >= 15 is 4.79 Å². The van der Waals surface area contributed by atoms with Gasteiger partial charge in [-0.1, -0.05) is 133 Å². The molecule has 15 nitrogen and oxygen atoms in total. The van der Waals surface area contributed by atoms with Crippen LogP contribution in [-0.4, -0.2) is 144 Å². The van der Waals surface area contributed by atoms with E-state index in [1.54, 1.807) is 0 Å². The van der Waals surface area contributed by atoms with Gasteiger partial charge in [-0.05, 0) is 105 Å². The Morgan fingerprint density at radius 1 is 0.798 bits per heavy atom. The summed E-state index contributed by atoms with van der Waals surface area (Å²) in [6, 6.07) is 6.53. The molecule has 0 radical (unpaired) electrons. The minimum Gasteiger partial charge on any atom is -0.481 e. The van der Waals surface area contributed by atoms with E-state index in [1.165, 1.54) is 5.57 Å². The Morgan fingerprint density at radius 3 is 2.12 bits per heavy atom. The molecule has 3 spiro atoms. The van der Waals surface area contributed by atoms with Crippen LogP contribution >= 0.6 is 0 Å². The number of likely N-dealkylation sites (tertiary alicyclic amines) is 1. The van der Waals surface area contributed by atoms with Crippen LogP contribution in [0.1, 0.15) is 173 Å². The van der Waals surface area contributed by atoms with Crippen molar-refractivity contribution >= 4 is 42.6 Å². The molecule has 2 bridgehead atoms. The summed E-state index contributed by atoms with van der Waals surface area (Å²) in [4.78, 5) is 42.9. The molecule has 1 N–H and O–H groups in total. The predicted molar refractivity (Wildman–Crippen MR) is 335 cm³/mol. The molecule has 0 saturated carbocycles. The number of fused-ring (bicyclic) bond motifs is 5. The molecule has 0 aliphatic carbocycles. The van der Waals surface area contributed by atoms with Crippen LogP contribution in [0.3, 0.4) is 0 Å². The first kappa shape index (κ1) is 67.8. The number of nitrogens with zero attached hydrogens (tertiary/aromatic N) is 1. The second-order valence-corrected chi connectivity index (χ2v) is 44.4. The van der Waals surface area contributed by atoms with Crippen LogP contribution in [0.5, 0.6) is 0 Å². The summed E-state index contributed by atoms with van der Waals surface area (Å²) < 4.78 is 70.9. The molecule has 18 heteroatoms. The molecule has 0 aromatic heterocycles. The summed E-state index contributed by atoms with van der Waals surface area (Å²) in [6.07, 6.45) is 10.2. The highest BCUT2D eigenvalue weighted by atomic mass is 28.4. The maximum Gasteiger partial charge on any atom is 0.412 e. The van der Waals surface area contributed by atoms with Gasteiger partial charge in [0.05, 0.1) is 49.3 Å². The Morgan fingerprint density at radius 2 is 1.46 bits per heavy atom. The average Bonchev–Trinajstić information content (AvgIpc) is 2.90. The lowest BCUT2D eigenvalue weighted by Crippen LogP contribution is -2.61. The molecular weight excluding hydrogens is 1110 g/mol. The first-order chi connectivity index (χ1) is 39.6. The molecule has 0 aromatic rings. The molecule has 8 rings (SSSR count). The molecule has 19 atom stereocenters. The van der Waals surface area contributed by atoms with Crippen molar-refractivity contribution in [3.05, 3.63) is 36.0 Å². The molecule has 0 unspecified atom stereocenters. The molecule has 8 heterocycles. The molecule has 478 valence electrons. The lowest BCUT2D eigenvalue weighted by Gasteiger charge is -2.52. The lowest BCUT2D eigenvalue weighted by molar-refractivity contribution is -0.366. The molecule has 0 aromatic carbocycles. The topological polar surface area (TPSA) is 167 Å². The Hall–Kier alpha value is -2.08. The van der Waals surface area contributed by atoms with Crippen molar-refractivity contribution in [2.45, 2.75) is 313 Å². The predicted octanol–water partition coefficient (Wildman–Crippen LogP) is 14.7. The first-order valence-electron chi connectivity index (χ1n) is 33.4. The Balaban J connectivity index is 0.996. The van der Waals surface area contributed by atoms with E-state index in [-0.39, 0.29) is 84.7 Å². The normalized spacial score (nSPS) is 37.5. The Bertz CT molecular complexity index is 2340. The number of carbonyl (C=O) groups is 3. The van der Waals surface area contributed by atoms with Gasteiger partial charge in [0.15, 0.2) is 45.5 Å². The van der Waals surface area contributed by atoms with E-state index in [9.17, 15) is 14.7 Å². The van der Waals surface area contributed by atoms with E-state index in [0.717, 1.165) is 67.1 Å². The third-order valence-electron chi connectivity index (χ3n) is 21.6. The van der Waals surface area contributed by atoms with Crippen molar-refractivity contribution in [1.82, 2.24) is 4.90 Å². The van der Waals surface area contributed by atoms with Crippen molar-refractivity contribution in [3.8, 4) is 0 Å². The highest BCUT2D eigenvalue weighted by Crippen LogP contribution is 2.57. The van der Waals surface area contributed by atoms with Gasteiger partial charge in [0.1, 0.15) is 12.2 Å². The number of carboxylic acids is 1. The summed E-state index contributed by atoms with van der Waals surface area (Å²) in [7, 11) is -6.02. The van der Waals surface area contributed by atoms with Gasteiger partial charge in [0.2, 0.25) is 0 Å². The quantitative estimate of drug-likeness (QED) is 0.0642. The summed E-state index contributed by atoms with van der Waals surface area (Å²) in [5.41, 5.74) is 1.25. The lowest BCUT2D eigenvalue weighted by atomic mass is 9.78. The van der Waals surface area contributed by atoms with E-state index in [0.29, 0.717) is 82.8 Å². The van der Waals surface area contributed by atoms with Gasteiger partial charge in [0.25, 0.3) is 0 Å². The second kappa shape index (κ2) is 27.2. The van der Waals surface area contributed by atoms with Crippen molar-refractivity contribution < 1.29 is 66.2 Å². The SMILES string of the molecule is C=C(C[C@@]12C[C@@H](C)C[C@@H](O1)[C@H]1O[C@@]3(C[C@H]1O2)[C@@H](C)C[C@@H](C)CN3C(=O)OCC[Si](C)(C)C)[C@@H](O[Si](CC)(CC)CC)[C@@H](C)C[C@@H](C)C(=O)[C@H](O[Si](CC)(CC)CC)[C@@H]1C[C@H]2O[C@@]3(CC[C@]4(CC(C)=C[C@@H](/C=C/CCC(=O)O)O4)O3)[C@H](C)C[C@H]2O1. The monoisotopic (exact) mass is 1230 g/mol. The minimum absolute atomic E-state index is 0.00252. The smallest absolute Gasteiger partial charge is 0.412 e. The van der Waals surface area contributed by atoms with Crippen LogP contribution in [0.4, 0.5) is 4.79 Å². The summed E-state index contributed by atoms with van der Waals surface area (Å²) in [5, 5.41) is 9.18. The van der Waals surface area contributed by atoms with E-state index in [1.807, 2.05) is 17.1 Å². The van der Waals surface area contributed by atoms with Gasteiger partial charge in [-0.25, -0.2) is 4.79 Å². The number of piperidine rings is 1. The van der Waals surface area contributed by atoms with Gasteiger partial charge in [-0.2, -0.15) is 0 Å². The van der Waals surface area contributed by atoms with Crippen LogP contribution in [0.2, 0.25) is 61.9 Å². The van der Waals surface area contributed by atoms with Crippen molar-refractivity contribution in [3.63, 3.8) is 0 Å². The summed E-state index contributed by atoms with van der Waals surface area (Å²) in [6.45, 7) is 41.6. The van der Waals surface area contributed by atoms with Gasteiger partial charge >= 0.3 is 12.1 Å². The largest absolute Gasteiger partial charge is 0.481 e. The molecule has 8 aliphatic rings. The molecule has 8 aliphatic heterocycles. The van der Waals surface area contributed by atoms with Gasteiger partial charge in [-0.15, -0.1) is 0 Å². The van der Waals surface area contributed by atoms with Gasteiger partial charge < -0.3 is 51.9 Å². The summed E-state index contributed by atoms with van der Waals surface area (Å²) in [5.74, 6) is -3.18. The Kier molecular flexibility index (Phi) is 21.9. The number of amides is 1. The average molecular weight is 1230 g/mol. The van der Waals surface area contributed by atoms with E-state index in [4.69, 9.17) is 53.3 Å². The maximum atomic E-state index is 15.6. The number of carboxylic acid groups (broad SMARTS) is 1. The van der Waals surface area contributed by atoms with Gasteiger partial charge in [0, 0.05) is 83.7 Å². The van der Waals surface area contributed by atoms with Crippen LogP contribution in [-0.2, 0) is 56.3 Å². The van der Waals surface area contributed by atoms with Gasteiger partial charge in [-0.3, -0.25) is 14.5 Å². The number of hydrogen-bond acceptors (Lipinski definition) is 13. The molecule has 1 amide bonds. The number of aliphatic carboxylic acids is 1. The third-order valence-corrected chi connectivity index (χ3v) is 32.5. The molecule has 7 fully saturated rings. The number of carbonyl (C=O) groups excluding carboxylic acids is 2. The zero-order valence-corrected chi connectivity index (χ0v) is 57.9.